The third kappa shape index (κ3) is 5.95. The minimum Gasteiger partial charge on any atom is -0.444 e. The lowest BCUT2D eigenvalue weighted by molar-refractivity contribution is 0.0285. The van der Waals surface area contributed by atoms with Crippen LogP contribution in [0.25, 0.3) is 22.5 Å². The number of aryl methyl sites for hydroxylation is 1. The highest BCUT2D eigenvalue weighted by Crippen LogP contribution is 2.34. The quantitative estimate of drug-likeness (QED) is 0.379. The van der Waals surface area contributed by atoms with Crippen molar-refractivity contribution in [2.24, 2.45) is 0 Å². The number of hydrogen-bond donors (Lipinski definition) is 0. The van der Waals surface area contributed by atoms with Gasteiger partial charge in [0.25, 0.3) is 0 Å². The molecule has 0 radical (unpaired) electrons. The molecule has 0 atom stereocenters. The molecule has 1 aromatic carbocycles. The average molecular weight is 487 g/mol. The first-order chi connectivity index (χ1) is 15.7. The van der Waals surface area contributed by atoms with Gasteiger partial charge in [-0.05, 0) is 83.9 Å². The Balaban J connectivity index is 2.00. The summed E-state index contributed by atoms with van der Waals surface area (Å²) in [6.45, 7) is 13.6. The van der Waals surface area contributed by atoms with Crippen LogP contribution < -0.4 is 0 Å². The first kappa shape index (κ1) is 25.7. The van der Waals surface area contributed by atoms with Crippen LogP contribution in [0, 0.1) is 12.7 Å². The second-order valence-electron chi connectivity index (χ2n) is 10.5. The minimum atomic E-state index is -0.598. The Bertz CT molecular complexity index is 1170. The molecule has 0 aliphatic rings. The smallest absolute Gasteiger partial charge is 0.410 e. The van der Waals surface area contributed by atoms with Gasteiger partial charge in [-0.1, -0.05) is 17.7 Å². The van der Waals surface area contributed by atoms with Gasteiger partial charge in [-0.2, -0.15) is 5.10 Å². The van der Waals surface area contributed by atoms with E-state index in [4.69, 9.17) is 21.4 Å². The van der Waals surface area contributed by atoms with Gasteiger partial charge in [-0.15, -0.1) is 0 Å². The molecule has 0 spiro atoms. The van der Waals surface area contributed by atoms with E-state index in [1.165, 1.54) is 11.0 Å². The van der Waals surface area contributed by atoms with Crippen molar-refractivity contribution in [3.63, 3.8) is 0 Å². The van der Waals surface area contributed by atoms with Gasteiger partial charge in [-0.3, -0.25) is 4.68 Å². The number of pyridine rings is 1. The van der Waals surface area contributed by atoms with E-state index in [2.05, 4.69) is 4.98 Å². The van der Waals surface area contributed by atoms with E-state index in [1.54, 1.807) is 19.3 Å². The van der Waals surface area contributed by atoms with E-state index >= 15 is 4.39 Å². The van der Waals surface area contributed by atoms with Crippen molar-refractivity contribution < 1.29 is 13.9 Å². The number of nitrogens with zero attached hydrogens (tertiary/aromatic N) is 4. The van der Waals surface area contributed by atoms with E-state index < -0.39 is 11.7 Å². The Hall–Kier alpha value is -2.93. The maximum atomic E-state index is 15.5. The predicted molar refractivity (Wildman–Crippen MR) is 133 cm³/mol. The molecule has 182 valence electrons. The molecule has 1 amide bonds. The molecule has 0 unspecified atom stereocenters. The van der Waals surface area contributed by atoms with Crippen LogP contribution >= 0.6 is 11.6 Å². The number of benzene rings is 1. The lowest BCUT2D eigenvalue weighted by Crippen LogP contribution is -2.33. The van der Waals surface area contributed by atoms with Crippen LogP contribution in [0.2, 0.25) is 5.15 Å². The zero-order valence-electron chi connectivity index (χ0n) is 21.0. The lowest BCUT2D eigenvalue weighted by Gasteiger charge is -2.25. The molecule has 3 rings (SSSR count). The SMILES string of the molecule is Cc1cc(CN(C)C(=O)OC(C)(C)C)cc(F)c1-c1cc(-c2ccc(Cl)nc2)nn1C(C)(C)C. The van der Waals surface area contributed by atoms with Crippen molar-refractivity contribution in [1.82, 2.24) is 19.7 Å². The van der Waals surface area contributed by atoms with Gasteiger partial charge in [0.05, 0.1) is 16.9 Å². The zero-order chi connectivity index (χ0) is 25.4. The Morgan fingerprint density at radius 3 is 2.35 bits per heavy atom. The van der Waals surface area contributed by atoms with Gasteiger partial charge in [0, 0.05) is 30.9 Å². The van der Waals surface area contributed by atoms with Crippen LogP contribution in [0.3, 0.4) is 0 Å². The first-order valence-electron chi connectivity index (χ1n) is 11.1. The molecule has 34 heavy (non-hydrogen) atoms. The van der Waals surface area contributed by atoms with Crippen molar-refractivity contribution >= 4 is 17.7 Å². The number of halogens is 2. The number of carbonyl (C=O) groups excluding carboxylic acids is 1. The highest BCUT2D eigenvalue weighted by molar-refractivity contribution is 6.29. The fraction of sp³-hybridized carbons (Fsp3) is 0.423. The molecular weight excluding hydrogens is 455 g/mol. The third-order valence-electron chi connectivity index (χ3n) is 5.10. The van der Waals surface area contributed by atoms with Gasteiger partial charge in [-0.25, -0.2) is 14.2 Å². The number of aromatic nitrogens is 3. The van der Waals surface area contributed by atoms with Crippen LogP contribution in [-0.4, -0.2) is 38.4 Å². The normalized spacial score (nSPS) is 12.1. The summed E-state index contributed by atoms with van der Waals surface area (Å²) in [5.41, 5.74) is 3.05. The Morgan fingerprint density at radius 2 is 1.82 bits per heavy atom. The summed E-state index contributed by atoms with van der Waals surface area (Å²) in [4.78, 5) is 17.9. The fourth-order valence-electron chi connectivity index (χ4n) is 3.65. The summed E-state index contributed by atoms with van der Waals surface area (Å²) in [6.07, 6.45) is 1.20. The van der Waals surface area contributed by atoms with Crippen molar-refractivity contribution in [2.75, 3.05) is 7.05 Å². The molecule has 2 aromatic heterocycles. The highest BCUT2D eigenvalue weighted by Gasteiger charge is 2.25. The standard InChI is InChI=1S/C26H32ClFN4O2/c1-16-11-17(15-31(8)24(33)34-26(5,6)7)12-19(28)23(16)21-13-20(30-32(21)25(2,3)4)18-9-10-22(27)29-14-18/h9-14H,15H2,1-8H3. The van der Waals surface area contributed by atoms with Crippen LogP contribution in [0.15, 0.2) is 36.5 Å². The number of rotatable bonds is 4. The van der Waals surface area contributed by atoms with Gasteiger partial charge in [0.1, 0.15) is 16.6 Å². The maximum absolute atomic E-state index is 15.5. The summed E-state index contributed by atoms with van der Waals surface area (Å²) in [5.74, 6) is -0.376. The van der Waals surface area contributed by atoms with Crippen molar-refractivity contribution in [3.8, 4) is 22.5 Å². The predicted octanol–water partition coefficient (Wildman–Crippen LogP) is 6.83. The van der Waals surface area contributed by atoms with Gasteiger partial charge >= 0.3 is 6.09 Å². The van der Waals surface area contributed by atoms with Crippen molar-refractivity contribution in [2.45, 2.75) is 66.2 Å². The van der Waals surface area contributed by atoms with Crippen molar-refractivity contribution in [3.05, 3.63) is 58.6 Å². The largest absolute Gasteiger partial charge is 0.444 e. The molecular formula is C26H32ClFN4O2. The summed E-state index contributed by atoms with van der Waals surface area (Å²) in [5, 5.41) is 5.16. The Kier molecular flexibility index (Phi) is 7.08. The molecule has 0 bridgehead atoms. The number of amides is 1. The molecule has 6 nitrogen and oxygen atoms in total. The van der Waals surface area contributed by atoms with Gasteiger partial charge in [0.2, 0.25) is 0 Å². The number of ether oxygens (including phenoxy) is 1. The van der Waals surface area contributed by atoms with E-state index in [1.807, 2.05) is 71.3 Å². The second kappa shape index (κ2) is 9.37. The summed E-state index contributed by atoms with van der Waals surface area (Å²) < 4.78 is 22.8. The molecule has 2 heterocycles. The Labute approximate surface area is 205 Å². The molecule has 0 saturated heterocycles. The lowest BCUT2D eigenvalue weighted by atomic mass is 9.99. The van der Waals surface area contributed by atoms with Crippen LogP contribution in [0.4, 0.5) is 9.18 Å². The molecule has 0 saturated carbocycles. The topological polar surface area (TPSA) is 60.3 Å². The van der Waals surface area contributed by atoms with E-state index in [9.17, 15) is 4.79 Å². The third-order valence-corrected chi connectivity index (χ3v) is 5.32. The molecule has 0 aliphatic carbocycles. The van der Waals surface area contributed by atoms with Gasteiger partial charge < -0.3 is 9.64 Å². The minimum absolute atomic E-state index is 0.229. The Morgan fingerprint density at radius 1 is 1.15 bits per heavy atom. The monoisotopic (exact) mass is 486 g/mol. The van der Waals surface area contributed by atoms with E-state index in [-0.39, 0.29) is 17.9 Å². The molecule has 0 fully saturated rings. The zero-order valence-corrected chi connectivity index (χ0v) is 21.8. The number of hydrogen-bond acceptors (Lipinski definition) is 4. The van der Waals surface area contributed by atoms with Crippen LogP contribution in [0.5, 0.6) is 0 Å². The van der Waals surface area contributed by atoms with Gasteiger partial charge in [0.15, 0.2) is 0 Å². The van der Waals surface area contributed by atoms with E-state index in [0.717, 1.165) is 11.1 Å². The highest BCUT2D eigenvalue weighted by atomic mass is 35.5. The summed E-state index contributed by atoms with van der Waals surface area (Å²) in [6, 6.07) is 8.77. The molecule has 0 aliphatic heterocycles. The maximum Gasteiger partial charge on any atom is 0.410 e. The number of carbonyl (C=O) groups is 1. The van der Waals surface area contributed by atoms with E-state index in [0.29, 0.717) is 27.7 Å². The molecule has 3 aromatic rings. The average Bonchev–Trinajstić information content (AvgIpc) is 3.12. The molecule has 0 N–H and O–H groups in total. The fourth-order valence-corrected chi connectivity index (χ4v) is 3.76. The second-order valence-corrected chi connectivity index (χ2v) is 10.9. The van der Waals surface area contributed by atoms with Crippen LogP contribution in [0.1, 0.15) is 52.7 Å². The summed E-state index contributed by atoms with van der Waals surface area (Å²) in [7, 11) is 1.64. The first-order valence-corrected chi connectivity index (χ1v) is 11.5. The molecule has 8 heteroatoms. The van der Waals surface area contributed by atoms with Crippen LogP contribution in [-0.2, 0) is 16.8 Å². The summed E-state index contributed by atoms with van der Waals surface area (Å²) >= 11 is 5.93. The van der Waals surface area contributed by atoms with Crippen molar-refractivity contribution in [1.29, 1.82) is 0 Å².